The Morgan fingerprint density at radius 2 is 2.29 bits per heavy atom. The summed E-state index contributed by atoms with van der Waals surface area (Å²) in [4.78, 5) is 24.4. The second-order valence-corrected chi connectivity index (χ2v) is 3.15. The van der Waals surface area contributed by atoms with Gasteiger partial charge in [0.25, 0.3) is 5.24 Å². The Morgan fingerprint density at radius 3 is 2.79 bits per heavy atom. The van der Waals surface area contributed by atoms with Gasteiger partial charge in [0.1, 0.15) is 0 Å². The van der Waals surface area contributed by atoms with Gasteiger partial charge in [-0.1, -0.05) is 0 Å². The van der Waals surface area contributed by atoms with Gasteiger partial charge in [0, 0.05) is 18.0 Å². The second-order valence-electron chi connectivity index (χ2n) is 2.46. The molecule has 0 amide bonds. The van der Waals surface area contributed by atoms with Crippen molar-refractivity contribution in [2.24, 2.45) is 0 Å². The van der Waals surface area contributed by atoms with Gasteiger partial charge in [-0.15, -0.1) is 11.6 Å². The van der Waals surface area contributed by atoms with E-state index in [2.05, 4.69) is 4.98 Å². The number of aromatic nitrogens is 1. The maximum absolute atomic E-state index is 11.3. The highest BCUT2D eigenvalue weighted by atomic mass is 35.5. The van der Waals surface area contributed by atoms with E-state index < -0.39 is 5.24 Å². The van der Waals surface area contributed by atoms with Crippen LogP contribution in [-0.2, 0) is 10.7 Å². The predicted molar refractivity (Wildman–Crippen MR) is 53.0 cm³/mol. The van der Waals surface area contributed by atoms with Crippen LogP contribution in [0.1, 0.15) is 5.69 Å². The lowest BCUT2D eigenvalue weighted by molar-refractivity contribution is -0.113. The van der Waals surface area contributed by atoms with E-state index in [0.29, 0.717) is 5.69 Å². The fraction of sp³-hybridized carbons (Fsp3) is 0.250. The molecule has 0 saturated heterocycles. The van der Waals surface area contributed by atoms with Gasteiger partial charge in [0.2, 0.25) is 5.43 Å². The number of hydrogen-bond acceptors (Lipinski definition) is 3. The maximum atomic E-state index is 11.3. The molecule has 1 heterocycles. The van der Waals surface area contributed by atoms with Crippen molar-refractivity contribution in [2.75, 3.05) is 6.61 Å². The molecule has 0 saturated carbocycles. The van der Waals surface area contributed by atoms with Gasteiger partial charge in [0.15, 0.2) is 12.4 Å². The van der Waals surface area contributed by atoms with E-state index in [0.717, 1.165) is 0 Å². The van der Waals surface area contributed by atoms with Crippen molar-refractivity contribution in [2.45, 2.75) is 5.88 Å². The zero-order valence-corrected chi connectivity index (χ0v) is 8.56. The molecule has 0 bridgehead atoms. The highest BCUT2D eigenvalue weighted by Gasteiger charge is 2.03. The lowest BCUT2D eigenvalue weighted by atomic mass is 10.3. The first-order valence-corrected chi connectivity index (χ1v) is 4.63. The Balaban J connectivity index is 2.79. The number of carbonyl (C=O) groups is 1. The summed E-state index contributed by atoms with van der Waals surface area (Å²) >= 11 is 10.5. The van der Waals surface area contributed by atoms with Crippen molar-refractivity contribution in [3.63, 3.8) is 0 Å². The van der Waals surface area contributed by atoms with Crippen LogP contribution in [0.5, 0.6) is 5.75 Å². The van der Waals surface area contributed by atoms with E-state index in [1.54, 1.807) is 0 Å². The molecule has 0 spiro atoms. The van der Waals surface area contributed by atoms with Crippen molar-refractivity contribution in [3.8, 4) is 5.75 Å². The molecule has 4 nitrogen and oxygen atoms in total. The van der Waals surface area contributed by atoms with Gasteiger partial charge >= 0.3 is 0 Å². The number of aromatic amines is 1. The highest BCUT2D eigenvalue weighted by Crippen LogP contribution is 2.04. The number of hydrogen-bond donors (Lipinski definition) is 1. The van der Waals surface area contributed by atoms with Crippen molar-refractivity contribution >= 4 is 28.4 Å². The van der Waals surface area contributed by atoms with Crippen LogP contribution in [0.2, 0.25) is 0 Å². The number of rotatable bonds is 4. The van der Waals surface area contributed by atoms with Crippen molar-refractivity contribution in [1.29, 1.82) is 0 Å². The van der Waals surface area contributed by atoms with Crippen molar-refractivity contribution < 1.29 is 9.53 Å². The van der Waals surface area contributed by atoms with Crippen molar-refractivity contribution in [3.05, 3.63) is 28.2 Å². The van der Waals surface area contributed by atoms with Gasteiger partial charge in [-0.05, 0) is 11.6 Å². The third kappa shape index (κ3) is 3.05. The lowest BCUT2D eigenvalue weighted by Crippen LogP contribution is -2.12. The zero-order chi connectivity index (χ0) is 10.6. The summed E-state index contributed by atoms with van der Waals surface area (Å²) < 4.78 is 4.83. The molecule has 1 aromatic rings. The average Bonchev–Trinajstić information content (AvgIpc) is 2.15. The number of ether oxygens (including phenoxy) is 1. The number of nitrogens with one attached hydrogen (secondary N) is 1. The lowest BCUT2D eigenvalue weighted by Gasteiger charge is -2.02. The standard InChI is InChI=1S/C8H7Cl2NO3/c9-2-5-1-6(12)7(3-11-5)14-4-8(10)13/h1,3H,2,4H2,(H,11,12). The number of pyridine rings is 1. The Morgan fingerprint density at radius 1 is 1.57 bits per heavy atom. The Labute approximate surface area is 89.8 Å². The normalized spacial score (nSPS) is 9.86. The second kappa shape index (κ2) is 5.02. The molecule has 0 fully saturated rings. The van der Waals surface area contributed by atoms with Gasteiger partial charge in [-0.25, -0.2) is 0 Å². The van der Waals surface area contributed by atoms with Crippen LogP contribution in [0.15, 0.2) is 17.1 Å². The first kappa shape index (κ1) is 11.1. The van der Waals surface area contributed by atoms with E-state index in [1.807, 2.05) is 0 Å². The molecule has 0 aliphatic heterocycles. The summed E-state index contributed by atoms with van der Waals surface area (Å²) in [5.41, 5.74) is 0.249. The Kier molecular flexibility index (Phi) is 3.98. The van der Waals surface area contributed by atoms with Crippen LogP contribution >= 0.6 is 23.2 Å². The maximum Gasteiger partial charge on any atom is 0.259 e. The Hall–Kier alpha value is -1.00. The van der Waals surface area contributed by atoms with Gasteiger partial charge in [0.05, 0.1) is 5.88 Å². The minimum atomic E-state index is -0.661. The minimum absolute atomic E-state index is 0.0490. The summed E-state index contributed by atoms with van der Waals surface area (Å²) in [6.45, 7) is -0.329. The molecule has 0 radical (unpaired) electrons. The third-order valence-electron chi connectivity index (χ3n) is 1.42. The van der Waals surface area contributed by atoms with E-state index in [9.17, 15) is 9.59 Å². The summed E-state index contributed by atoms with van der Waals surface area (Å²) in [6.07, 6.45) is 1.35. The first-order chi connectivity index (χ1) is 6.63. The molecular formula is C8H7Cl2NO3. The van der Waals surface area contributed by atoms with E-state index in [-0.39, 0.29) is 23.7 Å². The smallest absolute Gasteiger partial charge is 0.259 e. The molecule has 0 aromatic carbocycles. The van der Waals surface area contributed by atoms with Gasteiger partial charge < -0.3 is 9.72 Å². The molecule has 14 heavy (non-hydrogen) atoms. The van der Waals surface area contributed by atoms with E-state index >= 15 is 0 Å². The molecule has 1 rings (SSSR count). The SMILES string of the molecule is O=C(Cl)COc1c[nH]c(CCl)cc1=O. The molecular weight excluding hydrogens is 229 g/mol. The molecule has 0 atom stereocenters. The molecule has 0 aliphatic carbocycles. The molecule has 1 N–H and O–H groups in total. The molecule has 6 heteroatoms. The number of carbonyl (C=O) groups excluding carboxylic acids is 1. The van der Waals surface area contributed by atoms with E-state index in [1.165, 1.54) is 12.3 Å². The minimum Gasteiger partial charge on any atom is -0.479 e. The predicted octanol–water partition coefficient (Wildman–Crippen LogP) is 1.26. The van der Waals surface area contributed by atoms with Crippen LogP contribution in [0.3, 0.4) is 0 Å². The molecule has 0 aliphatic rings. The quantitative estimate of drug-likeness (QED) is 0.632. The summed E-state index contributed by atoms with van der Waals surface area (Å²) in [7, 11) is 0. The molecule has 76 valence electrons. The molecule has 0 unspecified atom stereocenters. The van der Waals surface area contributed by atoms with Crippen LogP contribution < -0.4 is 10.2 Å². The molecule has 1 aromatic heterocycles. The van der Waals surface area contributed by atoms with Gasteiger partial charge in [-0.2, -0.15) is 0 Å². The van der Waals surface area contributed by atoms with Crippen LogP contribution in [0, 0.1) is 0 Å². The first-order valence-electron chi connectivity index (χ1n) is 3.72. The summed E-state index contributed by atoms with van der Waals surface area (Å²) in [5, 5.41) is -0.661. The Bertz CT molecular complexity index is 388. The topological polar surface area (TPSA) is 59.2 Å². The van der Waals surface area contributed by atoms with Gasteiger partial charge in [-0.3, -0.25) is 9.59 Å². The monoisotopic (exact) mass is 235 g/mol. The fourth-order valence-electron chi connectivity index (χ4n) is 0.825. The number of halogens is 2. The largest absolute Gasteiger partial charge is 0.479 e. The van der Waals surface area contributed by atoms with Crippen LogP contribution in [0.4, 0.5) is 0 Å². The van der Waals surface area contributed by atoms with Crippen LogP contribution in [-0.4, -0.2) is 16.8 Å². The number of alkyl halides is 1. The third-order valence-corrected chi connectivity index (χ3v) is 1.82. The van der Waals surface area contributed by atoms with Crippen LogP contribution in [0.25, 0.3) is 0 Å². The number of H-pyrrole nitrogens is 1. The van der Waals surface area contributed by atoms with Crippen molar-refractivity contribution in [1.82, 2.24) is 4.98 Å². The average molecular weight is 236 g/mol. The van der Waals surface area contributed by atoms with E-state index in [4.69, 9.17) is 27.9 Å². The zero-order valence-electron chi connectivity index (χ0n) is 7.05. The summed E-state index contributed by atoms with van der Waals surface area (Å²) in [5.74, 6) is 0.261. The highest BCUT2D eigenvalue weighted by molar-refractivity contribution is 6.63. The summed E-state index contributed by atoms with van der Waals surface area (Å²) in [6, 6.07) is 1.31. The fourth-order valence-corrected chi connectivity index (χ4v) is 1.03.